The van der Waals surface area contributed by atoms with Crippen molar-refractivity contribution in [1.82, 2.24) is 4.72 Å². The van der Waals surface area contributed by atoms with Crippen LogP contribution in [0.3, 0.4) is 0 Å². The van der Waals surface area contributed by atoms with Crippen LogP contribution in [0.15, 0.2) is 23.1 Å². The number of aliphatic hydroxyl groups excluding tert-OH is 1. The molecule has 1 amide bonds. The second-order valence-corrected chi connectivity index (χ2v) is 7.32. The molecule has 8 heteroatoms. The fourth-order valence-electron chi connectivity index (χ4n) is 1.98. The first-order valence-electron chi connectivity index (χ1n) is 7.01. The van der Waals surface area contributed by atoms with Crippen LogP contribution < -0.4 is 14.8 Å². The van der Waals surface area contributed by atoms with Crippen LogP contribution in [0.2, 0.25) is 0 Å². The first-order chi connectivity index (χ1) is 10.3. The quantitative estimate of drug-likeness (QED) is 0.671. The summed E-state index contributed by atoms with van der Waals surface area (Å²) in [5.74, 6) is 0.106. The number of hydrogen-bond donors (Lipinski definition) is 3. The molecule has 0 aliphatic carbocycles. The summed E-state index contributed by atoms with van der Waals surface area (Å²) in [4.78, 5) is 11.9. The number of anilines is 1. The minimum absolute atomic E-state index is 0.0275. The average Bonchev–Trinajstić information content (AvgIpc) is 2.44. The van der Waals surface area contributed by atoms with Gasteiger partial charge in [0.15, 0.2) is 5.60 Å². The van der Waals surface area contributed by atoms with E-state index in [4.69, 9.17) is 9.84 Å². The SMILES string of the molecule is CC1(C)Oc2ccc(S(=O)(=O)NCCCCO)cc2NC1=O. The van der Waals surface area contributed by atoms with Gasteiger partial charge < -0.3 is 15.2 Å². The topological polar surface area (TPSA) is 105 Å². The van der Waals surface area contributed by atoms with E-state index in [2.05, 4.69) is 10.0 Å². The Hall–Kier alpha value is -1.64. The van der Waals surface area contributed by atoms with Gasteiger partial charge in [0, 0.05) is 13.2 Å². The standard InChI is InChI=1S/C14H20N2O5S/c1-14(2)13(18)16-11-9-10(5-6-12(11)21-14)22(19,20)15-7-3-4-8-17/h5-6,9,15,17H,3-4,7-8H2,1-2H3,(H,16,18). The van der Waals surface area contributed by atoms with Crippen molar-refractivity contribution < 1.29 is 23.1 Å². The lowest BCUT2D eigenvalue weighted by molar-refractivity contribution is -0.129. The molecule has 22 heavy (non-hydrogen) atoms. The van der Waals surface area contributed by atoms with Crippen molar-refractivity contribution in [3.63, 3.8) is 0 Å². The van der Waals surface area contributed by atoms with Crippen LogP contribution in [0, 0.1) is 0 Å². The third-order valence-corrected chi connectivity index (χ3v) is 4.76. The number of benzene rings is 1. The number of hydrogen-bond acceptors (Lipinski definition) is 5. The van der Waals surface area contributed by atoms with E-state index in [0.717, 1.165) is 0 Å². The van der Waals surface area contributed by atoms with Gasteiger partial charge in [0.2, 0.25) is 10.0 Å². The zero-order chi connectivity index (χ0) is 16.4. The number of aliphatic hydroxyl groups is 1. The van der Waals surface area contributed by atoms with Crippen molar-refractivity contribution in [2.75, 3.05) is 18.5 Å². The normalized spacial score (nSPS) is 16.6. The number of rotatable bonds is 6. The number of ether oxygens (including phenoxy) is 1. The van der Waals surface area contributed by atoms with E-state index in [0.29, 0.717) is 24.3 Å². The van der Waals surface area contributed by atoms with Crippen LogP contribution in [0.1, 0.15) is 26.7 Å². The molecule has 1 aromatic carbocycles. The molecule has 0 aromatic heterocycles. The highest BCUT2D eigenvalue weighted by molar-refractivity contribution is 7.89. The maximum atomic E-state index is 12.2. The number of amides is 1. The molecule has 1 heterocycles. The zero-order valence-electron chi connectivity index (χ0n) is 12.5. The Morgan fingerprint density at radius 1 is 1.32 bits per heavy atom. The van der Waals surface area contributed by atoms with Gasteiger partial charge in [0.05, 0.1) is 10.6 Å². The van der Waals surface area contributed by atoms with E-state index in [1.54, 1.807) is 13.8 Å². The Morgan fingerprint density at radius 3 is 2.73 bits per heavy atom. The van der Waals surface area contributed by atoms with Crippen LogP contribution in [0.25, 0.3) is 0 Å². The second-order valence-electron chi connectivity index (χ2n) is 5.55. The summed E-state index contributed by atoms with van der Waals surface area (Å²) in [6, 6.07) is 4.33. The summed E-state index contributed by atoms with van der Waals surface area (Å²) < 4.78 is 32.3. The van der Waals surface area contributed by atoms with Gasteiger partial charge in [-0.25, -0.2) is 13.1 Å². The van der Waals surface area contributed by atoms with Crippen LogP contribution in [0.5, 0.6) is 5.75 Å². The van der Waals surface area contributed by atoms with Gasteiger partial charge in [0.1, 0.15) is 5.75 Å². The number of carbonyl (C=O) groups excluding carboxylic acids is 1. The van der Waals surface area contributed by atoms with E-state index in [1.165, 1.54) is 18.2 Å². The minimum atomic E-state index is -3.66. The van der Waals surface area contributed by atoms with E-state index >= 15 is 0 Å². The van der Waals surface area contributed by atoms with Crippen LogP contribution in [-0.4, -0.2) is 38.2 Å². The van der Waals surface area contributed by atoms with Gasteiger partial charge in [-0.3, -0.25) is 4.79 Å². The Balaban J connectivity index is 2.18. The molecule has 0 saturated carbocycles. The molecule has 3 N–H and O–H groups in total. The highest BCUT2D eigenvalue weighted by atomic mass is 32.2. The first kappa shape index (κ1) is 16.7. The largest absolute Gasteiger partial charge is 0.476 e. The van der Waals surface area contributed by atoms with Crippen LogP contribution in [0.4, 0.5) is 5.69 Å². The molecule has 0 atom stereocenters. The minimum Gasteiger partial charge on any atom is -0.476 e. The van der Waals surface area contributed by atoms with Gasteiger partial charge in [-0.2, -0.15) is 0 Å². The number of carbonyl (C=O) groups is 1. The fourth-order valence-corrected chi connectivity index (χ4v) is 3.08. The zero-order valence-corrected chi connectivity index (χ0v) is 13.4. The van der Waals surface area contributed by atoms with Crippen molar-refractivity contribution in [3.05, 3.63) is 18.2 Å². The molecule has 0 spiro atoms. The monoisotopic (exact) mass is 328 g/mol. The molecule has 0 bridgehead atoms. The molecule has 1 aliphatic heterocycles. The molecule has 7 nitrogen and oxygen atoms in total. The Morgan fingerprint density at radius 2 is 2.05 bits per heavy atom. The van der Waals surface area contributed by atoms with Gasteiger partial charge in [-0.15, -0.1) is 0 Å². The predicted molar refractivity (Wildman–Crippen MR) is 81.3 cm³/mol. The van der Waals surface area contributed by atoms with E-state index < -0.39 is 15.6 Å². The maximum absolute atomic E-state index is 12.2. The molecular weight excluding hydrogens is 308 g/mol. The van der Waals surface area contributed by atoms with Crippen molar-refractivity contribution in [1.29, 1.82) is 0 Å². The highest BCUT2D eigenvalue weighted by Crippen LogP contribution is 2.35. The molecule has 0 saturated heterocycles. The van der Waals surface area contributed by atoms with Crippen molar-refractivity contribution >= 4 is 21.6 Å². The molecule has 0 unspecified atom stereocenters. The third-order valence-electron chi connectivity index (χ3n) is 3.30. The number of nitrogens with one attached hydrogen (secondary N) is 2. The third kappa shape index (κ3) is 3.57. The van der Waals surface area contributed by atoms with E-state index in [-0.39, 0.29) is 24.0 Å². The first-order valence-corrected chi connectivity index (χ1v) is 8.49. The van der Waals surface area contributed by atoms with Crippen LogP contribution in [-0.2, 0) is 14.8 Å². The number of unbranched alkanes of at least 4 members (excludes halogenated alkanes) is 1. The van der Waals surface area contributed by atoms with Gasteiger partial charge in [0.25, 0.3) is 5.91 Å². The summed E-state index contributed by atoms with van der Waals surface area (Å²) in [5.41, 5.74) is -0.654. The molecule has 2 rings (SSSR count). The van der Waals surface area contributed by atoms with Gasteiger partial charge >= 0.3 is 0 Å². The Labute approximate surface area is 129 Å². The van der Waals surface area contributed by atoms with Crippen molar-refractivity contribution in [2.24, 2.45) is 0 Å². The summed E-state index contributed by atoms with van der Waals surface area (Å²) in [5, 5.41) is 11.3. The number of sulfonamides is 1. The van der Waals surface area contributed by atoms with Crippen LogP contribution >= 0.6 is 0 Å². The lowest BCUT2D eigenvalue weighted by atomic mass is 10.1. The molecule has 1 aromatic rings. The van der Waals surface area contributed by atoms with Gasteiger partial charge in [-0.05, 0) is 44.9 Å². The summed E-state index contributed by atoms with van der Waals surface area (Å²) in [6.45, 7) is 3.55. The molecule has 122 valence electrons. The molecular formula is C14H20N2O5S. The smallest absolute Gasteiger partial charge is 0.268 e. The highest BCUT2D eigenvalue weighted by Gasteiger charge is 2.35. The fraction of sp³-hybridized carbons (Fsp3) is 0.500. The van der Waals surface area contributed by atoms with Crippen molar-refractivity contribution in [2.45, 2.75) is 37.2 Å². The summed E-state index contributed by atoms with van der Waals surface area (Å²) in [6.07, 6.45) is 1.08. The summed E-state index contributed by atoms with van der Waals surface area (Å²) >= 11 is 0. The predicted octanol–water partition coefficient (Wildman–Crippen LogP) is 0.847. The van der Waals surface area contributed by atoms with Gasteiger partial charge in [-0.1, -0.05) is 0 Å². The Bertz CT molecular complexity index is 670. The van der Waals surface area contributed by atoms with E-state index in [1.807, 2.05) is 0 Å². The molecule has 0 radical (unpaired) electrons. The lowest BCUT2D eigenvalue weighted by Crippen LogP contribution is -2.45. The van der Waals surface area contributed by atoms with Crippen molar-refractivity contribution in [3.8, 4) is 5.75 Å². The average molecular weight is 328 g/mol. The lowest BCUT2D eigenvalue weighted by Gasteiger charge is -2.31. The molecule has 1 aliphatic rings. The number of fused-ring (bicyclic) bond motifs is 1. The maximum Gasteiger partial charge on any atom is 0.268 e. The second kappa shape index (κ2) is 6.23. The van der Waals surface area contributed by atoms with E-state index in [9.17, 15) is 13.2 Å². The Kier molecular flexibility index (Phi) is 4.74. The summed E-state index contributed by atoms with van der Waals surface area (Å²) in [7, 11) is -3.66. The molecule has 0 fully saturated rings.